The first-order chi connectivity index (χ1) is 18.0. The molecule has 0 spiro atoms. The Hall–Kier alpha value is -2.11. The van der Waals surface area contributed by atoms with E-state index < -0.39 is 17.5 Å². The van der Waals surface area contributed by atoms with Crippen molar-refractivity contribution in [3.05, 3.63) is 11.1 Å². The summed E-state index contributed by atoms with van der Waals surface area (Å²) < 4.78 is 12.1. The molecule has 1 aromatic carbocycles. The number of hydrogen-bond donors (Lipinski definition) is 3. The number of unbranched alkanes of at least 4 members (excludes halogenated alkanes) is 15. The van der Waals surface area contributed by atoms with E-state index in [9.17, 15) is 20.1 Å². The molecule has 1 aromatic rings. The van der Waals surface area contributed by atoms with Gasteiger partial charge in [-0.25, -0.2) is 4.79 Å². The fourth-order valence-corrected chi connectivity index (χ4v) is 4.68. The number of rotatable bonds is 24. The summed E-state index contributed by atoms with van der Waals surface area (Å²) in [5.41, 5.74) is 0.156. The zero-order chi connectivity index (χ0) is 27.3. The molecule has 0 saturated heterocycles. The Morgan fingerprint density at radius 3 is 1.43 bits per heavy atom. The maximum absolute atomic E-state index is 12.1. The smallest absolute Gasteiger partial charge is 0.340 e. The van der Waals surface area contributed by atoms with E-state index in [2.05, 4.69) is 20.8 Å². The van der Waals surface area contributed by atoms with Gasteiger partial charge in [0.05, 0.1) is 13.2 Å². The molecule has 0 bridgehead atoms. The molecule has 0 amide bonds. The lowest BCUT2D eigenvalue weighted by molar-refractivity contribution is 0.0690. The molecule has 1 rings (SSSR count). The summed E-state index contributed by atoms with van der Waals surface area (Å²) in [6, 6.07) is 0. The average molecular weight is 523 g/mol. The molecule has 0 fully saturated rings. The maximum atomic E-state index is 12.1. The lowest BCUT2D eigenvalue weighted by Crippen LogP contribution is -2.11. The molecule has 0 aromatic heterocycles. The predicted octanol–water partition coefficient (Wildman–Crippen LogP) is 9.18. The monoisotopic (exact) mass is 522 g/mol. The van der Waals surface area contributed by atoms with Crippen LogP contribution in [0.5, 0.6) is 23.0 Å². The molecule has 0 unspecified atom stereocenters. The van der Waals surface area contributed by atoms with Gasteiger partial charge in [-0.2, -0.15) is 0 Å². The van der Waals surface area contributed by atoms with E-state index in [1.807, 2.05) is 0 Å². The summed E-state index contributed by atoms with van der Waals surface area (Å²) in [6.45, 7) is 7.35. The van der Waals surface area contributed by atoms with Crippen LogP contribution in [0.25, 0.3) is 0 Å². The summed E-state index contributed by atoms with van der Waals surface area (Å²) >= 11 is 0. The molecule has 0 aliphatic carbocycles. The minimum absolute atomic E-state index is 0.0851. The van der Waals surface area contributed by atoms with E-state index in [1.54, 1.807) is 0 Å². The van der Waals surface area contributed by atoms with Crippen LogP contribution in [-0.4, -0.2) is 34.5 Å². The van der Waals surface area contributed by atoms with Crippen molar-refractivity contribution in [1.82, 2.24) is 0 Å². The van der Waals surface area contributed by atoms with Gasteiger partial charge in [-0.15, -0.1) is 0 Å². The van der Waals surface area contributed by atoms with Crippen molar-refractivity contribution >= 4 is 5.97 Å². The first kappa shape index (κ1) is 32.9. The van der Waals surface area contributed by atoms with E-state index >= 15 is 0 Å². The summed E-state index contributed by atoms with van der Waals surface area (Å²) in [6.07, 6.45) is 20.3. The van der Waals surface area contributed by atoms with Crippen molar-refractivity contribution in [2.45, 2.75) is 143 Å². The number of benzene rings is 1. The van der Waals surface area contributed by atoms with Crippen molar-refractivity contribution in [2.75, 3.05) is 13.2 Å². The molecular weight excluding hydrogens is 468 g/mol. The number of carboxylic acid groups (broad SMARTS) is 1. The van der Waals surface area contributed by atoms with Crippen molar-refractivity contribution in [2.24, 2.45) is 0 Å². The minimum Gasteiger partial charge on any atom is -0.504 e. The normalized spacial score (nSPS) is 11.1. The number of carboxylic acids is 1. The molecule has 6 nitrogen and oxygen atoms in total. The number of phenols is 2. The number of ether oxygens (including phenoxy) is 2. The number of hydrogen-bond acceptors (Lipinski definition) is 5. The highest BCUT2D eigenvalue weighted by atomic mass is 16.5. The van der Waals surface area contributed by atoms with E-state index in [0.29, 0.717) is 25.2 Å². The Morgan fingerprint density at radius 1 is 0.568 bits per heavy atom. The Kier molecular flexibility index (Phi) is 18.6. The standard InChI is InChI=1S/C31H54O6/c1-4-7-10-13-15-17-20-23-36-29-25(22-19-12-9-6-3)26(31(34)35)27(32)28(33)30(29)37-24-21-18-16-14-11-8-5-2/h32-33H,4-24H2,1-3H3,(H,34,35). The highest BCUT2D eigenvalue weighted by molar-refractivity contribution is 5.96. The van der Waals surface area contributed by atoms with Gasteiger partial charge in [0.2, 0.25) is 11.5 Å². The summed E-state index contributed by atoms with van der Waals surface area (Å²) in [5.74, 6) is -2.05. The largest absolute Gasteiger partial charge is 0.504 e. The van der Waals surface area contributed by atoms with Crippen LogP contribution in [0.2, 0.25) is 0 Å². The van der Waals surface area contributed by atoms with Crippen LogP contribution >= 0.6 is 0 Å². The summed E-state index contributed by atoms with van der Waals surface area (Å²) in [7, 11) is 0. The first-order valence-electron chi connectivity index (χ1n) is 15.1. The van der Waals surface area contributed by atoms with Crippen molar-refractivity contribution in [1.29, 1.82) is 0 Å². The van der Waals surface area contributed by atoms with E-state index in [-0.39, 0.29) is 17.1 Å². The van der Waals surface area contributed by atoms with Gasteiger partial charge in [-0.05, 0) is 25.7 Å². The number of aromatic hydroxyl groups is 2. The summed E-state index contributed by atoms with van der Waals surface area (Å²) in [5, 5.41) is 31.2. The van der Waals surface area contributed by atoms with Crippen LogP contribution in [-0.2, 0) is 6.42 Å². The van der Waals surface area contributed by atoms with Gasteiger partial charge in [0.25, 0.3) is 0 Å². The average Bonchev–Trinajstić information content (AvgIpc) is 2.88. The molecule has 37 heavy (non-hydrogen) atoms. The van der Waals surface area contributed by atoms with E-state index in [4.69, 9.17) is 9.47 Å². The van der Waals surface area contributed by atoms with Crippen LogP contribution in [0.1, 0.15) is 152 Å². The third-order valence-electron chi connectivity index (χ3n) is 6.94. The van der Waals surface area contributed by atoms with Gasteiger partial charge in [-0.1, -0.05) is 117 Å². The zero-order valence-corrected chi connectivity index (χ0v) is 23.9. The fraction of sp³-hybridized carbons (Fsp3) is 0.774. The third kappa shape index (κ3) is 12.8. The lowest BCUT2D eigenvalue weighted by Gasteiger charge is -2.21. The van der Waals surface area contributed by atoms with Gasteiger partial charge < -0.3 is 24.8 Å². The zero-order valence-electron chi connectivity index (χ0n) is 23.9. The highest BCUT2D eigenvalue weighted by Crippen LogP contribution is 2.49. The second-order valence-corrected chi connectivity index (χ2v) is 10.3. The minimum atomic E-state index is -1.27. The van der Waals surface area contributed by atoms with Crippen molar-refractivity contribution < 1.29 is 29.6 Å². The van der Waals surface area contributed by atoms with Crippen LogP contribution in [0, 0.1) is 0 Å². The Bertz CT molecular complexity index is 746. The maximum Gasteiger partial charge on any atom is 0.340 e. The molecule has 0 saturated carbocycles. The second-order valence-electron chi connectivity index (χ2n) is 10.3. The van der Waals surface area contributed by atoms with Crippen LogP contribution in [0.3, 0.4) is 0 Å². The molecule has 0 atom stereocenters. The molecule has 6 heteroatoms. The highest BCUT2D eigenvalue weighted by Gasteiger charge is 2.29. The summed E-state index contributed by atoms with van der Waals surface area (Å²) in [4.78, 5) is 12.1. The molecular formula is C31H54O6. The van der Waals surface area contributed by atoms with Crippen LogP contribution < -0.4 is 9.47 Å². The van der Waals surface area contributed by atoms with E-state index in [0.717, 1.165) is 64.2 Å². The van der Waals surface area contributed by atoms with Gasteiger partial charge in [0.1, 0.15) is 5.56 Å². The van der Waals surface area contributed by atoms with Gasteiger partial charge in [0, 0.05) is 5.56 Å². The van der Waals surface area contributed by atoms with Crippen molar-refractivity contribution in [3.8, 4) is 23.0 Å². The van der Waals surface area contributed by atoms with Crippen molar-refractivity contribution in [3.63, 3.8) is 0 Å². The molecule has 0 aliphatic heterocycles. The van der Waals surface area contributed by atoms with E-state index in [1.165, 1.54) is 51.4 Å². The lowest BCUT2D eigenvalue weighted by atomic mass is 9.97. The third-order valence-corrected chi connectivity index (χ3v) is 6.94. The number of carbonyl (C=O) groups is 1. The fourth-order valence-electron chi connectivity index (χ4n) is 4.68. The number of phenolic OH excluding ortho intramolecular Hbond substituents is 1. The van der Waals surface area contributed by atoms with Gasteiger partial charge in [0.15, 0.2) is 11.5 Å². The topological polar surface area (TPSA) is 96.2 Å². The van der Waals surface area contributed by atoms with Crippen LogP contribution in [0.15, 0.2) is 0 Å². The van der Waals surface area contributed by atoms with Gasteiger partial charge >= 0.3 is 5.97 Å². The molecule has 214 valence electrons. The molecule has 3 N–H and O–H groups in total. The second kappa shape index (κ2) is 20.9. The SMILES string of the molecule is CCCCCCCCCOc1c(O)c(O)c(C(=O)O)c(CCCCCC)c1OCCCCCCCCC. The Labute approximate surface area is 225 Å². The molecule has 0 radical (unpaired) electrons. The molecule has 0 aliphatic rings. The predicted molar refractivity (Wildman–Crippen MR) is 152 cm³/mol. The molecule has 0 heterocycles. The first-order valence-corrected chi connectivity index (χ1v) is 15.1. The Balaban J connectivity index is 2.98. The Morgan fingerprint density at radius 2 is 0.973 bits per heavy atom. The number of aromatic carboxylic acids is 1. The van der Waals surface area contributed by atoms with Crippen LogP contribution in [0.4, 0.5) is 0 Å². The van der Waals surface area contributed by atoms with Gasteiger partial charge in [-0.3, -0.25) is 0 Å². The quantitative estimate of drug-likeness (QED) is 0.0925.